The second kappa shape index (κ2) is 8.43. The van der Waals surface area contributed by atoms with Crippen molar-refractivity contribution < 1.29 is 19.2 Å². The van der Waals surface area contributed by atoms with Crippen molar-refractivity contribution in [2.75, 3.05) is 23.5 Å². The third-order valence-electron chi connectivity index (χ3n) is 5.03. The number of furan rings is 1. The van der Waals surface area contributed by atoms with E-state index >= 15 is 0 Å². The summed E-state index contributed by atoms with van der Waals surface area (Å²) in [6, 6.07) is 5.55. The van der Waals surface area contributed by atoms with Gasteiger partial charge in [-0.1, -0.05) is 13.8 Å². The first-order chi connectivity index (χ1) is 13.1. The van der Waals surface area contributed by atoms with E-state index in [0.717, 1.165) is 37.3 Å². The first-order valence-corrected chi connectivity index (χ1v) is 9.50. The third-order valence-corrected chi connectivity index (χ3v) is 5.03. The third kappa shape index (κ3) is 3.93. The first kappa shape index (κ1) is 19.2. The van der Waals surface area contributed by atoms with Crippen molar-refractivity contribution in [3.05, 3.63) is 41.5 Å². The van der Waals surface area contributed by atoms with E-state index in [1.807, 2.05) is 12.1 Å². The van der Waals surface area contributed by atoms with Gasteiger partial charge >= 0.3 is 5.97 Å². The molecule has 7 nitrogen and oxygen atoms in total. The zero-order valence-corrected chi connectivity index (χ0v) is 16.1. The Hall–Kier alpha value is -2.54. The van der Waals surface area contributed by atoms with Crippen LogP contribution in [0.5, 0.6) is 0 Å². The van der Waals surface area contributed by atoms with Crippen LogP contribution in [0.4, 0.5) is 11.5 Å². The fourth-order valence-electron chi connectivity index (χ4n) is 3.59. The number of piperidine rings is 1. The maximum Gasteiger partial charge on any atom is 0.340 e. The molecule has 1 saturated heterocycles. The number of carbonyl (C=O) groups excluding carboxylic acids is 1. The van der Waals surface area contributed by atoms with Gasteiger partial charge in [0.2, 0.25) is 0 Å². The molecule has 0 aliphatic carbocycles. The highest BCUT2D eigenvalue weighted by Gasteiger charge is 2.33. The molecule has 27 heavy (non-hydrogen) atoms. The molecule has 0 radical (unpaired) electrons. The lowest BCUT2D eigenvalue weighted by Crippen LogP contribution is -2.37. The van der Waals surface area contributed by atoms with Crippen LogP contribution in [0.15, 0.2) is 28.8 Å². The topological polar surface area (TPSA) is 87.8 Å². The van der Waals surface area contributed by atoms with Crippen LogP contribution in [0.25, 0.3) is 0 Å². The summed E-state index contributed by atoms with van der Waals surface area (Å²) in [5.41, 5.74) is 2.69. The fraction of sp³-hybridized carbons (Fsp3) is 0.500. The molecule has 1 aliphatic rings. The van der Waals surface area contributed by atoms with Gasteiger partial charge in [0, 0.05) is 19.2 Å². The van der Waals surface area contributed by atoms with Gasteiger partial charge in [-0.2, -0.15) is 0 Å². The van der Waals surface area contributed by atoms with Gasteiger partial charge in [0.25, 0.3) is 0 Å². The summed E-state index contributed by atoms with van der Waals surface area (Å²) in [6.07, 6.45) is 4.31. The average Bonchev–Trinajstić information content (AvgIpc) is 3.16. The zero-order valence-electron chi connectivity index (χ0n) is 16.1. The number of carbonyl (C=O) groups is 1. The predicted molar refractivity (Wildman–Crippen MR) is 102 cm³/mol. The summed E-state index contributed by atoms with van der Waals surface area (Å²) < 4.78 is 11.1. The Morgan fingerprint density at radius 2 is 2.22 bits per heavy atom. The minimum atomic E-state index is -0.495. The van der Waals surface area contributed by atoms with E-state index in [1.165, 1.54) is 0 Å². The standard InChI is InChI=1S/C20H27N3O4/c1-4-14-6-7-17(27-14)16-12-13(3)9-11-23(16)19-18(22-25)15(8-10-21-19)20(24)26-5-2/h6-8,10,13,16,22,25H,4-5,9,11-12H2,1-3H3. The van der Waals surface area contributed by atoms with Gasteiger partial charge in [-0.25, -0.2) is 9.78 Å². The van der Waals surface area contributed by atoms with Crippen molar-refractivity contribution in [3.63, 3.8) is 0 Å². The highest BCUT2D eigenvalue weighted by Crippen LogP contribution is 2.40. The van der Waals surface area contributed by atoms with E-state index in [1.54, 1.807) is 19.2 Å². The number of aromatic nitrogens is 1. The van der Waals surface area contributed by atoms with Crippen LogP contribution in [0.1, 0.15) is 61.5 Å². The number of hydrogen-bond acceptors (Lipinski definition) is 7. The van der Waals surface area contributed by atoms with E-state index in [0.29, 0.717) is 11.7 Å². The molecule has 146 valence electrons. The summed E-state index contributed by atoms with van der Waals surface area (Å²) in [6.45, 7) is 7.04. The molecule has 2 atom stereocenters. The molecule has 2 aromatic rings. The summed E-state index contributed by atoms with van der Waals surface area (Å²) in [5, 5.41) is 9.75. The molecule has 0 amide bonds. The quantitative estimate of drug-likeness (QED) is 0.580. The number of hydrogen-bond donors (Lipinski definition) is 2. The molecular weight excluding hydrogens is 346 g/mol. The lowest BCUT2D eigenvalue weighted by molar-refractivity contribution is 0.0526. The second-order valence-electron chi connectivity index (χ2n) is 6.89. The van der Waals surface area contributed by atoms with Gasteiger partial charge in [-0.15, -0.1) is 0 Å². The summed E-state index contributed by atoms with van der Waals surface area (Å²) in [5.74, 6) is 2.39. The highest BCUT2D eigenvalue weighted by atomic mass is 16.5. The van der Waals surface area contributed by atoms with Crippen molar-refractivity contribution in [2.45, 2.75) is 46.1 Å². The largest absolute Gasteiger partial charge is 0.464 e. The minimum absolute atomic E-state index is 0.00824. The summed E-state index contributed by atoms with van der Waals surface area (Å²) >= 11 is 0. The summed E-state index contributed by atoms with van der Waals surface area (Å²) in [4.78, 5) is 18.8. The van der Waals surface area contributed by atoms with Gasteiger partial charge < -0.3 is 14.1 Å². The monoisotopic (exact) mass is 373 g/mol. The molecule has 3 heterocycles. The predicted octanol–water partition coefficient (Wildman–Crippen LogP) is 4.19. The SMILES string of the molecule is CCOC(=O)c1ccnc(N2CCC(C)CC2c2ccc(CC)o2)c1NO. The molecular formula is C20H27N3O4. The number of ether oxygens (including phenoxy) is 1. The van der Waals surface area contributed by atoms with Crippen molar-refractivity contribution in [2.24, 2.45) is 5.92 Å². The normalized spacial score (nSPS) is 19.8. The number of pyridine rings is 1. The van der Waals surface area contributed by atoms with Gasteiger partial charge in [-0.05, 0) is 43.9 Å². The van der Waals surface area contributed by atoms with E-state index in [9.17, 15) is 10.0 Å². The molecule has 2 aromatic heterocycles. The fourth-order valence-corrected chi connectivity index (χ4v) is 3.59. The Morgan fingerprint density at radius 3 is 2.89 bits per heavy atom. The van der Waals surface area contributed by atoms with Crippen molar-refractivity contribution >= 4 is 17.5 Å². The Balaban J connectivity index is 2.01. The van der Waals surface area contributed by atoms with Crippen LogP contribution < -0.4 is 10.4 Å². The van der Waals surface area contributed by atoms with Crippen LogP contribution in [0.2, 0.25) is 0 Å². The Morgan fingerprint density at radius 1 is 1.41 bits per heavy atom. The summed E-state index contributed by atoms with van der Waals surface area (Å²) in [7, 11) is 0. The Kier molecular flexibility index (Phi) is 6.01. The lowest BCUT2D eigenvalue weighted by atomic mass is 9.91. The molecule has 0 spiro atoms. The molecule has 3 rings (SSSR count). The maximum atomic E-state index is 12.3. The van der Waals surface area contributed by atoms with Crippen LogP contribution in [-0.2, 0) is 11.2 Å². The van der Waals surface area contributed by atoms with Crippen LogP contribution in [0.3, 0.4) is 0 Å². The van der Waals surface area contributed by atoms with E-state index in [-0.39, 0.29) is 23.9 Å². The lowest BCUT2D eigenvalue weighted by Gasteiger charge is -2.39. The van der Waals surface area contributed by atoms with E-state index < -0.39 is 5.97 Å². The zero-order chi connectivity index (χ0) is 19.4. The van der Waals surface area contributed by atoms with E-state index in [2.05, 4.69) is 29.2 Å². The van der Waals surface area contributed by atoms with Crippen molar-refractivity contribution in [1.29, 1.82) is 0 Å². The number of esters is 1. The number of aryl methyl sites for hydroxylation is 1. The number of anilines is 2. The van der Waals surface area contributed by atoms with Gasteiger partial charge in [0.15, 0.2) is 5.82 Å². The van der Waals surface area contributed by atoms with Gasteiger partial charge in [0.05, 0.1) is 18.2 Å². The average molecular weight is 373 g/mol. The van der Waals surface area contributed by atoms with Crippen LogP contribution in [-0.4, -0.2) is 29.3 Å². The van der Waals surface area contributed by atoms with Gasteiger partial charge in [-0.3, -0.25) is 10.7 Å². The molecule has 2 N–H and O–H groups in total. The molecule has 0 bridgehead atoms. The Bertz CT molecular complexity index is 789. The molecule has 7 heteroatoms. The number of rotatable bonds is 6. The Labute approximate surface area is 159 Å². The molecule has 2 unspecified atom stereocenters. The van der Waals surface area contributed by atoms with Crippen LogP contribution >= 0.6 is 0 Å². The number of nitrogens with zero attached hydrogens (tertiary/aromatic N) is 2. The van der Waals surface area contributed by atoms with E-state index in [4.69, 9.17) is 9.15 Å². The van der Waals surface area contributed by atoms with Crippen LogP contribution in [0, 0.1) is 5.92 Å². The smallest absolute Gasteiger partial charge is 0.340 e. The van der Waals surface area contributed by atoms with Crippen molar-refractivity contribution in [1.82, 2.24) is 4.98 Å². The van der Waals surface area contributed by atoms with Crippen molar-refractivity contribution in [3.8, 4) is 0 Å². The molecule has 0 aromatic carbocycles. The highest BCUT2D eigenvalue weighted by molar-refractivity contribution is 5.98. The number of nitrogens with one attached hydrogen (secondary N) is 1. The molecule has 1 fully saturated rings. The minimum Gasteiger partial charge on any atom is -0.464 e. The van der Waals surface area contributed by atoms with Gasteiger partial charge in [0.1, 0.15) is 17.2 Å². The molecule has 1 aliphatic heterocycles. The maximum absolute atomic E-state index is 12.3. The second-order valence-corrected chi connectivity index (χ2v) is 6.89. The first-order valence-electron chi connectivity index (χ1n) is 9.50. The molecule has 0 saturated carbocycles.